The van der Waals surface area contributed by atoms with Crippen LogP contribution >= 0.6 is 15.2 Å². The van der Waals surface area contributed by atoms with E-state index in [0.29, 0.717) is 6.92 Å². The van der Waals surface area contributed by atoms with Gasteiger partial charge in [0.15, 0.2) is 0 Å². The monoisotopic (exact) mass is 242 g/mol. The van der Waals surface area contributed by atoms with Crippen molar-refractivity contribution in [2.45, 2.75) is 12.0 Å². The van der Waals surface area contributed by atoms with E-state index in [-0.39, 0.29) is 11.0 Å². The molecule has 0 rings (SSSR count). The fourth-order valence-electron chi connectivity index (χ4n) is 0.170. The average Bonchev–Trinajstić information content (AvgIpc) is 1.58. The second-order valence-electron chi connectivity index (χ2n) is 2.06. The lowest BCUT2D eigenvalue weighted by atomic mass is 10.9. The molecule has 0 aliphatic carbocycles. The second kappa shape index (κ2) is 4.61. The molecule has 0 amide bonds. The summed E-state index contributed by atoms with van der Waals surface area (Å²) in [7, 11) is -10.4. The zero-order valence-electron chi connectivity index (χ0n) is 6.45. The minimum Gasteiger partial charge on any atom is -0.412 e. The van der Waals surface area contributed by atoms with Gasteiger partial charge in [-0.1, -0.05) is 0 Å². The summed E-state index contributed by atoms with van der Waals surface area (Å²) in [5, 5.41) is 5.37. The van der Waals surface area contributed by atoms with Gasteiger partial charge in [0, 0.05) is 0 Å². The van der Waals surface area contributed by atoms with E-state index in [2.05, 4.69) is 0 Å². The number of hydrogen-bond acceptors (Lipinski definition) is 3. The van der Waals surface area contributed by atoms with Gasteiger partial charge >= 0.3 is 15.2 Å². The predicted octanol–water partition coefficient (Wildman–Crippen LogP) is -2.64. The van der Waals surface area contributed by atoms with Crippen molar-refractivity contribution in [3.05, 3.63) is 0 Å². The Hall–Kier alpha value is 0.180. The van der Waals surface area contributed by atoms with Crippen molar-refractivity contribution in [2.75, 3.05) is 0 Å². The van der Waals surface area contributed by atoms with Crippen molar-refractivity contribution in [1.82, 2.24) is 0 Å². The molecule has 0 aromatic heterocycles. The smallest absolute Gasteiger partial charge is 0.369 e. The quantitative estimate of drug-likeness (QED) is 0.325. The van der Waals surface area contributed by atoms with Crippen molar-refractivity contribution in [1.29, 1.82) is 0 Å². The Morgan fingerprint density at radius 1 is 0.923 bits per heavy atom. The number of aliphatic hydroxyl groups is 1. The first-order valence-corrected chi connectivity index (χ1v) is 5.56. The van der Waals surface area contributed by atoms with E-state index in [4.69, 9.17) is 24.7 Å². The topological polar surface area (TPSA) is 198 Å². The Balaban J connectivity index is -0.000000500. The highest BCUT2D eigenvalue weighted by molar-refractivity contribution is 7.71. The van der Waals surface area contributed by atoms with Crippen molar-refractivity contribution >= 4 is 15.2 Å². The maximum Gasteiger partial charge on any atom is 0.369 e. The van der Waals surface area contributed by atoms with Crippen LogP contribution in [0, 0.1) is 0 Å². The summed E-state index contributed by atoms with van der Waals surface area (Å²) in [5.41, 5.74) is 0. The summed E-state index contributed by atoms with van der Waals surface area (Å²) in [6, 6.07) is 0. The second-order valence-corrected chi connectivity index (χ2v) is 6.33. The molecule has 0 heterocycles. The van der Waals surface area contributed by atoms with Crippen molar-refractivity contribution in [3.63, 3.8) is 0 Å². The van der Waals surface area contributed by atoms with Crippen LogP contribution in [0.4, 0.5) is 0 Å². The summed E-state index contributed by atoms with van der Waals surface area (Å²) in [4.78, 5) is 33.0. The molecular formula is C2H12O9P2. The van der Waals surface area contributed by atoms with E-state index in [1.807, 2.05) is 0 Å². The van der Waals surface area contributed by atoms with Gasteiger partial charge < -0.3 is 35.6 Å². The van der Waals surface area contributed by atoms with Gasteiger partial charge in [-0.3, -0.25) is 9.13 Å². The molecule has 0 saturated carbocycles. The molecule has 84 valence electrons. The SMILES string of the molecule is CC(O)(P(=O)(O)O)P(=O)(O)O.O.O. The van der Waals surface area contributed by atoms with E-state index in [9.17, 15) is 9.13 Å². The predicted molar refractivity (Wildman–Crippen MR) is 41.9 cm³/mol. The first-order chi connectivity index (χ1) is 4.50. The third-order valence-electron chi connectivity index (χ3n) is 1.10. The van der Waals surface area contributed by atoms with Crippen LogP contribution in [-0.4, -0.2) is 40.7 Å². The lowest BCUT2D eigenvalue weighted by Gasteiger charge is -2.24. The van der Waals surface area contributed by atoms with Crippen LogP contribution in [0.3, 0.4) is 0 Å². The Kier molecular flexibility index (Phi) is 6.69. The van der Waals surface area contributed by atoms with Crippen LogP contribution in [0.1, 0.15) is 6.92 Å². The highest BCUT2D eigenvalue weighted by Gasteiger charge is 2.55. The summed E-state index contributed by atoms with van der Waals surface area (Å²) in [5.74, 6) is 0. The Morgan fingerprint density at radius 3 is 1.08 bits per heavy atom. The van der Waals surface area contributed by atoms with Crippen LogP contribution in [0.15, 0.2) is 0 Å². The normalized spacial score (nSPS) is 12.8. The van der Waals surface area contributed by atoms with Crippen LogP contribution in [0.25, 0.3) is 0 Å². The van der Waals surface area contributed by atoms with E-state index in [1.165, 1.54) is 0 Å². The Labute approximate surface area is 73.0 Å². The molecular weight excluding hydrogens is 230 g/mol. The van der Waals surface area contributed by atoms with Crippen molar-refractivity contribution in [2.24, 2.45) is 0 Å². The van der Waals surface area contributed by atoms with Gasteiger partial charge in [0.2, 0.25) is 0 Å². The van der Waals surface area contributed by atoms with Gasteiger partial charge in [0.05, 0.1) is 0 Å². The third kappa shape index (κ3) is 3.82. The van der Waals surface area contributed by atoms with Gasteiger partial charge in [-0.05, 0) is 6.92 Å². The van der Waals surface area contributed by atoms with Gasteiger partial charge in [-0.15, -0.1) is 0 Å². The molecule has 11 heteroatoms. The first-order valence-electron chi connectivity index (χ1n) is 2.34. The molecule has 0 aliphatic heterocycles. The molecule has 0 radical (unpaired) electrons. The molecule has 13 heavy (non-hydrogen) atoms. The van der Waals surface area contributed by atoms with Gasteiger partial charge in [0.1, 0.15) is 0 Å². The van der Waals surface area contributed by atoms with Gasteiger partial charge in [-0.2, -0.15) is 0 Å². The maximum atomic E-state index is 10.3. The highest BCUT2D eigenvalue weighted by atomic mass is 31.2. The summed E-state index contributed by atoms with van der Waals surface area (Å²) < 4.78 is 20.5. The highest BCUT2D eigenvalue weighted by Crippen LogP contribution is 2.66. The zero-order chi connectivity index (χ0) is 9.50. The van der Waals surface area contributed by atoms with Crippen LogP contribution in [0.2, 0.25) is 0 Å². The van der Waals surface area contributed by atoms with Crippen LogP contribution in [-0.2, 0) is 9.13 Å². The fraction of sp³-hybridized carbons (Fsp3) is 1.00. The van der Waals surface area contributed by atoms with Gasteiger partial charge in [0.25, 0.3) is 5.08 Å². The molecule has 9 nitrogen and oxygen atoms in total. The number of rotatable bonds is 2. The van der Waals surface area contributed by atoms with Gasteiger partial charge in [-0.25, -0.2) is 0 Å². The molecule has 0 unspecified atom stereocenters. The minimum absolute atomic E-state index is 0. The summed E-state index contributed by atoms with van der Waals surface area (Å²) in [6.07, 6.45) is 0. The van der Waals surface area contributed by atoms with E-state index in [0.717, 1.165) is 0 Å². The van der Waals surface area contributed by atoms with E-state index >= 15 is 0 Å². The molecule has 0 saturated heterocycles. The lowest BCUT2D eigenvalue weighted by molar-refractivity contribution is 0.146. The largest absolute Gasteiger partial charge is 0.412 e. The molecule has 9 N–H and O–H groups in total. The molecule has 0 fully saturated rings. The Morgan fingerprint density at radius 2 is 1.08 bits per heavy atom. The molecule has 0 atom stereocenters. The number of hydrogen-bond donors (Lipinski definition) is 5. The van der Waals surface area contributed by atoms with E-state index in [1.54, 1.807) is 0 Å². The zero-order valence-corrected chi connectivity index (χ0v) is 8.24. The van der Waals surface area contributed by atoms with E-state index < -0.39 is 20.3 Å². The molecule has 0 aliphatic rings. The third-order valence-corrected chi connectivity index (χ3v) is 4.87. The van der Waals surface area contributed by atoms with Crippen LogP contribution in [0.5, 0.6) is 0 Å². The van der Waals surface area contributed by atoms with Crippen molar-refractivity contribution < 1.29 is 44.8 Å². The summed E-state index contributed by atoms with van der Waals surface area (Å²) in [6.45, 7) is 0.383. The first kappa shape index (κ1) is 18.9. The standard InChI is InChI=1S/C2H8O7P2.2H2O/c1-2(3,10(4,5)6)11(7,8)9;;/h3H,1H3,(H2,4,5,6)(H2,7,8,9);2*1H2. The fourth-order valence-corrected chi connectivity index (χ4v) is 1.53. The van der Waals surface area contributed by atoms with Crippen molar-refractivity contribution in [3.8, 4) is 0 Å². The molecule has 0 bridgehead atoms. The molecule has 0 aromatic carbocycles. The lowest BCUT2D eigenvalue weighted by Crippen LogP contribution is -2.23. The Bertz CT molecular complexity index is 208. The van der Waals surface area contributed by atoms with Crippen LogP contribution < -0.4 is 0 Å². The molecule has 0 aromatic rings. The molecule has 0 spiro atoms. The maximum absolute atomic E-state index is 10.3. The summed E-state index contributed by atoms with van der Waals surface area (Å²) >= 11 is 0. The minimum atomic E-state index is -5.20. The average molecular weight is 242 g/mol.